The van der Waals surface area contributed by atoms with Gasteiger partial charge in [0.2, 0.25) is 0 Å². The van der Waals surface area contributed by atoms with Gasteiger partial charge in [-0.25, -0.2) is 8.93 Å². The number of hydrogen-bond acceptors (Lipinski definition) is 2. The first-order chi connectivity index (χ1) is 6.27. The smallest absolute Gasteiger partial charge is 0.0950 e. The Bertz CT molecular complexity index is 204. The largest absolute Gasteiger partial charge is 0.326 e. The van der Waals surface area contributed by atoms with Crippen molar-refractivity contribution in [2.45, 2.75) is 55.9 Å². The Morgan fingerprint density at radius 3 is 2.38 bits per heavy atom. The van der Waals surface area contributed by atoms with Crippen molar-refractivity contribution in [2.24, 2.45) is 5.73 Å². The second kappa shape index (κ2) is 4.07. The van der Waals surface area contributed by atoms with Gasteiger partial charge in [-0.15, -0.1) is 0 Å². The van der Waals surface area contributed by atoms with E-state index in [2.05, 4.69) is 4.72 Å². The second-order valence-corrected chi connectivity index (χ2v) is 5.68. The quantitative estimate of drug-likeness (QED) is 0.707. The van der Waals surface area contributed by atoms with Crippen LogP contribution in [0.5, 0.6) is 0 Å². The van der Waals surface area contributed by atoms with Gasteiger partial charge < -0.3 is 5.73 Å². The predicted octanol–water partition coefficient (Wildman–Crippen LogP) is 0.672. The van der Waals surface area contributed by atoms with Crippen LogP contribution in [0.4, 0.5) is 0 Å². The monoisotopic (exact) mass is 202 g/mol. The third-order valence-corrected chi connectivity index (χ3v) is 4.57. The lowest BCUT2D eigenvalue weighted by molar-refractivity contribution is 0.501. The van der Waals surface area contributed by atoms with Crippen molar-refractivity contribution in [3.8, 4) is 0 Å². The molecule has 0 bridgehead atoms. The van der Waals surface area contributed by atoms with Crippen molar-refractivity contribution >= 4 is 11.0 Å². The molecule has 0 amide bonds. The minimum absolute atomic E-state index is 0.257. The predicted molar refractivity (Wildman–Crippen MR) is 54.5 cm³/mol. The van der Waals surface area contributed by atoms with Crippen molar-refractivity contribution in [1.82, 2.24) is 4.72 Å². The summed E-state index contributed by atoms with van der Waals surface area (Å²) in [6, 6.07) is 0.593. The fourth-order valence-corrected chi connectivity index (χ4v) is 3.40. The van der Waals surface area contributed by atoms with Crippen molar-refractivity contribution in [2.75, 3.05) is 0 Å². The molecule has 2 aliphatic rings. The average Bonchev–Trinajstić information content (AvgIpc) is 2.83. The molecular weight excluding hydrogens is 184 g/mol. The molecule has 3 N–H and O–H groups in total. The zero-order valence-corrected chi connectivity index (χ0v) is 8.69. The summed E-state index contributed by atoms with van der Waals surface area (Å²) >= 11 is 0. The van der Waals surface area contributed by atoms with E-state index in [0.29, 0.717) is 11.3 Å². The number of nitrogens with one attached hydrogen (secondary N) is 1. The second-order valence-electron chi connectivity index (χ2n) is 4.18. The molecule has 3 atom stereocenters. The van der Waals surface area contributed by atoms with Crippen LogP contribution < -0.4 is 10.5 Å². The maximum Gasteiger partial charge on any atom is 0.0950 e. The lowest BCUT2D eigenvalue weighted by Crippen LogP contribution is -2.33. The van der Waals surface area contributed by atoms with Crippen molar-refractivity contribution in [3.63, 3.8) is 0 Å². The van der Waals surface area contributed by atoms with Gasteiger partial charge in [-0.05, 0) is 19.3 Å². The van der Waals surface area contributed by atoms with E-state index in [4.69, 9.17) is 5.73 Å². The lowest BCUT2D eigenvalue weighted by Gasteiger charge is -2.20. The molecule has 2 fully saturated rings. The van der Waals surface area contributed by atoms with Crippen LogP contribution in [0.1, 0.15) is 38.5 Å². The van der Waals surface area contributed by atoms with Crippen LogP contribution in [0.25, 0.3) is 0 Å². The van der Waals surface area contributed by atoms with E-state index in [1.165, 1.54) is 19.3 Å². The van der Waals surface area contributed by atoms with Gasteiger partial charge in [0.05, 0.1) is 11.0 Å². The summed E-state index contributed by atoms with van der Waals surface area (Å²) in [7, 11) is -0.825. The Morgan fingerprint density at radius 2 is 1.85 bits per heavy atom. The highest BCUT2D eigenvalue weighted by Gasteiger charge is 2.36. The molecule has 0 aromatic heterocycles. The van der Waals surface area contributed by atoms with E-state index in [0.717, 1.165) is 19.3 Å². The molecule has 0 aliphatic heterocycles. The van der Waals surface area contributed by atoms with Crippen LogP contribution in [0.15, 0.2) is 0 Å². The lowest BCUT2D eigenvalue weighted by atomic mass is 10.0. The molecule has 4 heteroatoms. The molecule has 3 nitrogen and oxygen atoms in total. The molecule has 0 heterocycles. The van der Waals surface area contributed by atoms with Crippen LogP contribution in [0.2, 0.25) is 0 Å². The highest BCUT2D eigenvalue weighted by Crippen LogP contribution is 2.24. The van der Waals surface area contributed by atoms with Crippen LogP contribution >= 0.6 is 0 Å². The first kappa shape index (κ1) is 9.62. The van der Waals surface area contributed by atoms with E-state index < -0.39 is 11.0 Å². The molecule has 0 spiro atoms. The number of nitrogens with two attached hydrogens (primary N) is 1. The first-order valence-corrected chi connectivity index (χ1v) is 6.41. The molecule has 2 saturated carbocycles. The van der Waals surface area contributed by atoms with Crippen LogP contribution in [-0.2, 0) is 11.0 Å². The van der Waals surface area contributed by atoms with Gasteiger partial charge in [0, 0.05) is 17.3 Å². The maximum atomic E-state index is 11.7. The van der Waals surface area contributed by atoms with Crippen molar-refractivity contribution in [1.29, 1.82) is 0 Å². The summed E-state index contributed by atoms with van der Waals surface area (Å²) in [5.74, 6) is 0. The Morgan fingerprint density at radius 1 is 1.23 bits per heavy atom. The highest BCUT2D eigenvalue weighted by molar-refractivity contribution is 7.83. The summed E-state index contributed by atoms with van der Waals surface area (Å²) in [4.78, 5) is 0. The van der Waals surface area contributed by atoms with Gasteiger partial charge in [0.15, 0.2) is 0 Å². The maximum absolute atomic E-state index is 11.7. The van der Waals surface area contributed by atoms with E-state index in [1.54, 1.807) is 0 Å². The summed E-state index contributed by atoms with van der Waals surface area (Å²) < 4.78 is 14.9. The fraction of sp³-hybridized carbons (Fsp3) is 1.00. The number of hydrogen-bond donors (Lipinski definition) is 2. The third-order valence-electron chi connectivity index (χ3n) is 2.96. The molecule has 2 rings (SSSR count). The minimum Gasteiger partial charge on any atom is -0.326 e. The van der Waals surface area contributed by atoms with Crippen molar-refractivity contribution in [3.05, 3.63) is 0 Å². The Kier molecular flexibility index (Phi) is 3.01. The van der Waals surface area contributed by atoms with E-state index in [9.17, 15) is 4.21 Å². The van der Waals surface area contributed by atoms with Gasteiger partial charge in [-0.2, -0.15) is 0 Å². The molecule has 13 heavy (non-hydrogen) atoms. The van der Waals surface area contributed by atoms with Gasteiger partial charge >= 0.3 is 0 Å². The summed E-state index contributed by atoms with van der Waals surface area (Å²) in [6.07, 6.45) is 7.06. The highest BCUT2D eigenvalue weighted by atomic mass is 32.2. The fourth-order valence-electron chi connectivity index (χ4n) is 1.87. The summed E-state index contributed by atoms with van der Waals surface area (Å²) in [6.45, 7) is 0. The SMILES string of the molecule is NC1CC1NS(=O)C1CCCCC1. The van der Waals surface area contributed by atoms with Gasteiger partial charge in [-0.1, -0.05) is 19.3 Å². The standard InChI is InChI=1S/C9H18N2OS/c10-8-6-9(8)11-13(12)7-4-2-1-3-5-7/h7-9,11H,1-6,10H2. The molecule has 76 valence electrons. The van der Waals surface area contributed by atoms with Gasteiger partial charge in [-0.3, -0.25) is 0 Å². The summed E-state index contributed by atoms with van der Waals surface area (Å²) in [5, 5.41) is 0.390. The van der Waals surface area contributed by atoms with E-state index in [-0.39, 0.29) is 6.04 Å². The first-order valence-electron chi connectivity index (χ1n) is 5.19. The Balaban J connectivity index is 1.75. The number of rotatable bonds is 3. The molecule has 3 unspecified atom stereocenters. The van der Waals surface area contributed by atoms with Crippen LogP contribution in [0.3, 0.4) is 0 Å². The normalized spacial score (nSPS) is 37.3. The van der Waals surface area contributed by atoms with E-state index >= 15 is 0 Å². The van der Waals surface area contributed by atoms with E-state index in [1.807, 2.05) is 0 Å². The zero-order valence-electron chi connectivity index (χ0n) is 7.87. The van der Waals surface area contributed by atoms with Crippen LogP contribution in [0, 0.1) is 0 Å². The third kappa shape index (κ3) is 2.51. The minimum atomic E-state index is -0.825. The topological polar surface area (TPSA) is 55.1 Å². The molecule has 2 aliphatic carbocycles. The van der Waals surface area contributed by atoms with Crippen LogP contribution in [-0.4, -0.2) is 21.5 Å². The molecule has 0 saturated heterocycles. The summed E-state index contributed by atoms with van der Waals surface area (Å²) in [5.41, 5.74) is 5.65. The molecule has 0 radical (unpaired) electrons. The molecular formula is C9H18N2OS. The molecule has 0 aromatic carbocycles. The van der Waals surface area contributed by atoms with Crippen molar-refractivity contribution < 1.29 is 4.21 Å². The molecule has 0 aromatic rings. The van der Waals surface area contributed by atoms with Gasteiger partial charge in [0.25, 0.3) is 0 Å². The van der Waals surface area contributed by atoms with Gasteiger partial charge in [0.1, 0.15) is 0 Å². The average molecular weight is 202 g/mol. The Labute approximate surface area is 82.0 Å². The Hall–Kier alpha value is 0.0700. The zero-order chi connectivity index (χ0) is 9.26.